The number of carbonyl (C=O) groups is 1. The summed E-state index contributed by atoms with van der Waals surface area (Å²) in [6.07, 6.45) is 2.96. The van der Waals surface area contributed by atoms with Gasteiger partial charge in [-0.2, -0.15) is 0 Å². The molecule has 2 aromatic carbocycles. The van der Waals surface area contributed by atoms with Gasteiger partial charge in [-0.15, -0.1) is 11.8 Å². The predicted molar refractivity (Wildman–Crippen MR) is 111 cm³/mol. The van der Waals surface area contributed by atoms with Crippen molar-refractivity contribution in [3.63, 3.8) is 0 Å². The molecule has 1 heterocycles. The van der Waals surface area contributed by atoms with Crippen LogP contribution < -0.4 is 10.4 Å². The fourth-order valence-electron chi connectivity index (χ4n) is 3.57. The monoisotopic (exact) mass is 394 g/mol. The zero-order chi connectivity index (χ0) is 19.7. The molecule has 0 saturated carbocycles. The highest BCUT2D eigenvalue weighted by molar-refractivity contribution is 7.99. The SMILES string of the molecule is Cc1ccc(SCCC(=O)Oc2ccc3c4c(c(=O)oc3c2)CCC4)cc1C. The summed E-state index contributed by atoms with van der Waals surface area (Å²) in [5, 5.41) is 0.942. The number of hydrogen-bond donors (Lipinski definition) is 0. The van der Waals surface area contributed by atoms with E-state index in [1.807, 2.05) is 6.07 Å². The second-order valence-corrected chi connectivity index (χ2v) is 8.35. The van der Waals surface area contributed by atoms with Crippen LogP contribution in [0.4, 0.5) is 0 Å². The van der Waals surface area contributed by atoms with Crippen molar-refractivity contribution >= 4 is 28.7 Å². The largest absolute Gasteiger partial charge is 0.426 e. The molecule has 1 aromatic heterocycles. The molecule has 4 rings (SSSR count). The van der Waals surface area contributed by atoms with Crippen molar-refractivity contribution in [2.24, 2.45) is 0 Å². The van der Waals surface area contributed by atoms with Crippen molar-refractivity contribution in [1.29, 1.82) is 0 Å². The lowest BCUT2D eigenvalue weighted by Gasteiger charge is -2.08. The van der Waals surface area contributed by atoms with Crippen LogP contribution in [-0.2, 0) is 17.6 Å². The summed E-state index contributed by atoms with van der Waals surface area (Å²) in [5.74, 6) is 0.770. The van der Waals surface area contributed by atoms with Gasteiger partial charge < -0.3 is 9.15 Å². The topological polar surface area (TPSA) is 56.5 Å². The highest BCUT2D eigenvalue weighted by Gasteiger charge is 2.20. The molecule has 0 fully saturated rings. The number of thioether (sulfide) groups is 1. The maximum absolute atomic E-state index is 12.2. The molecule has 0 amide bonds. The lowest BCUT2D eigenvalue weighted by atomic mass is 10.1. The van der Waals surface area contributed by atoms with E-state index in [0.29, 0.717) is 23.5 Å². The zero-order valence-corrected chi connectivity index (χ0v) is 16.9. The number of hydrogen-bond acceptors (Lipinski definition) is 5. The van der Waals surface area contributed by atoms with Gasteiger partial charge in [0.05, 0.1) is 6.42 Å². The molecule has 0 radical (unpaired) electrons. The minimum atomic E-state index is -0.292. The molecule has 4 nitrogen and oxygen atoms in total. The Balaban J connectivity index is 1.40. The molecule has 144 valence electrons. The molecule has 0 atom stereocenters. The number of benzene rings is 2. The third-order valence-electron chi connectivity index (χ3n) is 5.23. The van der Waals surface area contributed by atoms with E-state index in [1.165, 1.54) is 11.1 Å². The van der Waals surface area contributed by atoms with Crippen LogP contribution in [0.5, 0.6) is 5.75 Å². The summed E-state index contributed by atoms with van der Waals surface area (Å²) in [7, 11) is 0. The number of ether oxygens (including phenoxy) is 1. The smallest absolute Gasteiger partial charge is 0.339 e. The van der Waals surface area contributed by atoms with Gasteiger partial charge in [-0.25, -0.2) is 4.79 Å². The molecule has 1 aliphatic rings. The van der Waals surface area contributed by atoms with Crippen LogP contribution in [0.2, 0.25) is 0 Å². The molecular weight excluding hydrogens is 372 g/mol. The first-order valence-electron chi connectivity index (χ1n) is 9.50. The van der Waals surface area contributed by atoms with Gasteiger partial charge >= 0.3 is 11.6 Å². The number of rotatable bonds is 5. The first-order valence-corrected chi connectivity index (χ1v) is 10.5. The van der Waals surface area contributed by atoms with Gasteiger partial charge in [0.15, 0.2) is 0 Å². The number of carbonyl (C=O) groups excluding carboxylic acids is 1. The highest BCUT2D eigenvalue weighted by atomic mass is 32.2. The average molecular weight is 394 g/mol. The van der Waals surface area contributed by atoms with E-state index in [1.54, 1.807) is 23.9 Å². The predicted octanol–water partition coefficient (Wildman–Crippen LogP) is 4.99. The van der Waals surface area contributed by atoms with Gasteiger partial charge in [-0.1, -0.05) is 6.07 Å². The second kappa shape index (κ2) is 7.84. The molecule has 5 heteroatoms. The van der Waals surface area contributed by atoms with Gasteiger partial charge in [0.1, 0.15) is 11.3 Å². The van der Waals surface area contributed by atoms with Crippen LogP contribution in [0.3, 0.4) is 0 Å². The van der Waals surface area contributed by atoms with E-state index in [4.69, 9.17) is 9.15 Å². The van der Waals surface area contributed by atoms with Crippen LogP contribution in [0, 0.1) is 13.8 Å². The number of fused-ring (bicyclic) bond motifs is 3. The molecule has 0 saturated heterocycles. The number of aryl methyl sites for hydroxylation is 3. The normalized spacial score (nSPS) is 12.9. The molecule has 0 spiro atoms. The first-order chi connectivity index (χ1) is 13.5. The van der Waals surface area contributed by atoms with E-state index in [0.717, 1.165) is 40.7 Å². The summed E-state index contributed by atoms with van der Waals surface area (Å²) in [6, 6.07) is 11.6. The summed E-state index contributed by atoms with van der Waals surface area (Å²) in [5.41, 5.74) is 4.59. The van der Waals surface area contributed by atoms with Crippen LogP contribution >= 0.6 is 11.8 Å². The van der Waals surface area contributed by atoms with Crippen molar-refractivity contribution in [2.45, 2.75) is 44.4 Å². The van der Waals surface area contributed by atoms with Crippen molar-refractivity contribution in [2.75, 3.05) is 5.75 Å². The Hall–Kier alpha value is -2.53. The van der Waals surface area contributed by atoms with E-state index in [2.05, 4.69) is 32.0 Å². The van der Waals surface area contributed by atoms with Crippen LogP contribution in [0.1, 0.15) is 35.1 Å². The Bertz CT molecular complexity index is 1110. The number of esters is 1. The van der Waals surface area contributed by atoms with Crippen molar-refractivity contribution < 1.29 is 13.9 Å². The van der Waals surface area contributed by atoms with Crippen LogP contribution in [0.25, 0.3) is 11.0 Å². The third kappa shape index (κ3) is 3.85. The summed E-state index contributed by atoms with van der Waals surface area (Å²) in [6.45, 7) is 4.17. The van der Waals surface area contributed by atoms with Gasteiger partial charge in [0, 0.05) is 27.7 Å². The fraction of sp³-hybridized carbons (Fsp3) is 0.304. The third-order valence-corrected chi connectivity index (χ3v) is 6.23. The van der Waals surface area contributed by atoms with E-state index < -0.39 is 0 Å². The summed E-state index contributed by atoms with van der Waals surface area (Å²) >= 11 is 1.64. The lowest BCUT2D eigenvalue weighted by molar-refractivity contribution is -0.133. The summed E-state index contributed by atoms with van der Waals surface area (Å²) in [4.78, 5) is 25.4. The minimum absolute atomic E-state index is 0.270. The van der Waals surface area contributed by atoms with Gasteiger partial charge in [0.2, 0.25) is 0 Å². The van der Waals surface area contributed by atoms with Crippen LogP contribution in [-0.4, -0.2) is 11.7 Å². The second-order valence-electron chi connectivity index (χ2n) is 7.18. The standard InChI is InChI=1S/C23H22O4S/c1-14-6-8-17(12-15(14)2)28-11-10-22(24)26-16-7-9-19-18-4-3-5-20(18)23(25)27-21(19)13-16/h6-9,12-13H,3-5,10-11H2,1-2H3. The molecule has 0 aliphatic heterocycles. The van der Waals surface area contributed by atoms with E-state index in [-0.39, 0.29) is 11.6 Å². The average Bonchev–Trinajstić information content (AvgIpc) is 3.15. The fourth-order valence-corrected chi connectivity index (χ4v) is 4.49. The van der Waals surface area contributed by atoms with Crippen LogP contribution in [0.15, 0.2) is 50.5 Å². The molecule has 28 heavy (non-hydrogen) atoms. The molecule has 1 aliphatic carbocycles. The zero-order valence-electron chi connectivity index (χ0n) is 16.0. The first kappa shape index (κ1) is 18.8. The molecule has 3 aromatic rings. The quantitative estimate of drug-likeness (QED) is 0.264. The Kier molecular flexibility index (Phi) is 5.27. The lowest BCUT2D eigenvalue weighted by Crippen LogP contribution is -2.09. The summed E-state index contributed by atoms with van der Waals surface area (Å²) < 4.78 is 10.9. The molecule has 0 bridgehead atoms. The Labute approximate surface area is 167 Å². The maximum Gasteiger partial charge on any atom is 0.339 e. The Morgan fingerprint density at radius 3 is 2.71 bits per heavy atom. The molecular formula is C23H22O4S. The Morgan fingerprint density at radius 2 is 1.89 bits per heavy atom. The van der Waals surface area contributed by atoms with E-state index in [9.17, 15) is 9.59 Å². The maximum atomic E-state index is 12.2. The minimum Gasteiger partial charge on any atom is -0.426 e. The molecule has 0 unspecified atom stereocenters. The van der Waals surface area contributed by atoms with Gasteiger partial charge in [-0.3, -0.25) is 4.79 Å². The van der Waals surface area contributed by atoms with Crippen molar-refractivity contribution in [3.05, 3.63) is 69.1 Å². The molecule has 0 N–H and O–H groups in total. The van der Waals surface area contributed by atoms with Gasteiger partial charge in [0.25, 0.3) is 0 Å². The van der Waals surface area contributed by atoms with E-state index >= 15 is 0 Å². The Morgan fingerprint density at radius 1 is 1.07 bits per heavy atom. The van der Waals surface area contributed by atoms with Crippen molar-refractivity contribution in [1.82, 2.24) is 0 Å². The van der Waals surface area contributed by atoms with Crippen molar-refractivity contribution in [3.8, 4) is 5.75 Å². The van der Waals surface area contributed by atoms with Gasteiger partial charge in [-0.05, 0) is 74.1 Å². The highest BCUT2D eigenvalue weighted by Crippen LogP contribution is 2.30.